The van der Waals surface area contributed by atoms with E-state index in [0.29, 0.717) is 51.2 Å². The highest BCUT2D eigenvalue weighted by atomic mass is 19.1. The standard InChI is InChI=1S/C39H54FN3O6/c1-25(2)49-33-12-8-30(9-13-33)42-22-35(26-5-10-32(48-4)11-6-26)36(23-42)38(44)43-21-28(19-31(43)24-47-3)34-14-7-29(40)20-37(34)41-17-15-27(16-18-41)39(45)46/h5-7,10-11,14,20,25,27-28,30-31,33,35-36H,8-9,12-13,15-19,21-24H2,1-4H3,(H,45,46)/t28-,30-,31+,33-,35+,36-/m1/s1. The summed E-state index contributed by atoms with van der Waals surface area (Å²) in [5.41, 5.74) is 2.99. The average Bonchev–Trinajstić information content (AvgIpc) is 3.74. The second-order valence-electron chi connectivity index (χ2n) is 14.9. The van der Waals surface area contributed by atoms with E-state index < -0.39 is 5.97 Å². The van der Waals surface area contributed by atoms with Crippen molar-refractivity contribution < 1.29 is 33.3 Å². The Labute approximate surface area is 290 Å². The second kappa shape index (κ2) is 15.8. The van der Waals surface area contributed by atoms with Crippen LogP contribution in [-0.4, -0.2) is 105 Å². The zero-order chi connectivity index (χ0) is 34.7. The summed E-state index contributed by atoms with van der Waals surface area (Å²) in [4.78, 5) is 33.2. The van der Waals surface area contributed by atoms with E-state index in [4.69, 9.17) is 14.2 Å². The van der Waals surface area contributed by atoms with Crippen LogP contribution in [0.25, 0.3) is 0 Å². The smallest absolute Gasteiger partial charge is 0.306 e. The first-order valence-corrected chi connectivity index (χ1v) is 18.2. The van der Waals surface area contributed by atoms with E-state index in [1.54, 1.807) is 20.3 Å². The van der Waals surface area contributed by atoms with Gasteiger partial charge >= 0.3 is 5.97 Å². The Hall–Kier alpha value is -3.21. The summed E-state index contributed by atoms with van der Waals surface area (Å²) in [7, 11) is 3.35. The van der Waals surface area contributed by atoms with Crippen LogP contribution in [0.5, 0.6) is 5.75 Å². The predicted octanol–water partition coefficient (Wildman–Crippen LogP) is 5.92. The second-order valence-corrected chi connectivity index (χ2v) is 14.9. The van der Waals surface area contributed by atoms with Gasteiger partial charge in [0.1, 0.15) is 11.6 Å². The summed E-state index contributed by atoms with van der Waals surface area (Å²) in [5, 5.41) is 9.52. The first-order chi connectivity index (χ1) is 23.6. The molecule has 4 atom stereocenters. The summed E-state index contributed by atoms with van der Waals surface area (Å²) in [6.45, 7) is 7.87. The number of carboxylic acid groups (broad SMARTS) is 1. The van der Waals surface area contributed by atoms with Gasteiger partial charge in [-0.1, -0.05) is 18.2 Å². The Morgan fingerprint density at radius 2 is 1.65 bits per heavy atom. The minimum atomic E-state index is -0.766. The van der Waals surface area contributed by atoms with E-state index in [-0.39, 0.29) is 47.5 Å². The van der Waals surface area contributed by atoms with Crippen molar-refractivity contribution in [2.75, 3.05) is 58.5 Å². The van der Waals surface area contributed by atoms with Gasteiger partial charge in [0, 0.05) is 63.4 Å². The first-order valence-electron chi connectivity index (χ1n) is 18.2. The molecule has 1 saturated carbocycles. The molecule has 4 aliphatic rings. The lowest BCUT2D eigenvalue weighted by Crippen LogP contribution is -2.44. The number of hydrogen-bond acceptors (Lipinski definition) is 7. The number of carbonyl (C=O) groups excluding carboxylic acids is 1. The molecule has 1 aliphatic carbocycles. The third-order valence-corrected chi connectivity index (χ3v) is 11.5. The number of hydrogen-bond donors (Lipinski definition) is 1. The van der Waals surface area contributed by atoms with E-state index in [0.717, 1.165) is 67.8 Å². The van der Waals surface area contributed by atoms with Crippen LogP contribution in [0.4, 0.5) is 10.1 Å². The Kier molecular flexibility index (Phi) is 11.5. The van der Waals surface area contributed by atoms with Crippen molar-refractivity contribution in [1.82, 2.24) is 9.80 Å². The van der Waals surface area contributed by atoms with Crippen LogP contribution in [0, 0.1) is 17.7 Å². The fourth-order valence-corrected chi connectivity index (χ4v) is 8.98. The van der Waals surface area contributed by atoms with Crippen LogP contribution in [0.15, 0.2) is 42.5 Å². The van der Waals surface area contributed by atoms with Gasteiger partial charge in [0.25, 0.3) is 0 Å². The maximum Gasteiger partial charge on any atom is 0.306 e. The Balaban J connectivity index is 1.23. The van der Waals surface area contributed by atoms with Crippen LogP contribution >= 0.6 is 0 Å². The largest absolute Gasteiger partial charge is 0.497 e. The first kappa shape index (κ1) is 35.6. The highest BCUT2D eigenvalue weighted by Crippen LogP contribution is 2.43. The monoisotopic (exact) mass is 679 g/mol. The van der Waals surface area contributed by atoms with Gasteiger partial charge in [-0.15, -0.1) is 0 Å². The summed E-state index contributed by atoms with van der Waals surface area (Å²) < 4.78 is 32.0. The van der Waals surface area contributed by atoms with Crippen LogP contribution in [0.1, 0.15) is 81.8 Å². The maximum absolute atomic E-state index is 14.8. The number of amides is 1. The molecule has 3 saturated heterocycles. The fourth-order valence-electron chi connectivity index (χ4n) is 8.98. The Morgan fingerprint density at radius 1 is 0.939 bits per heavy atom. The van der Waals surface area contributed by atoms with Crippen LogP contribution in [0.2, 0.25) is 0 Å². The van der Waals surface area contributed by atoms with Crippen LogP contribution < -0.4 is 9.64 Å². The molecule has 2 aromatic carbocycles. The molecule has 1 amide bonds. The Bertz CT molecular complexity index is 1420. The summed E-state index contributed by atoms with van der Waals surface area (Å²) in [5.74, 6) is -0.599. The van der Waals surface area contributed by atoms with Gasteiger partial charge in [-0.3, -0.25) is 14.5 Å². The molecular weight excluding hydrogens is 625 g/mol. The molecule has 4 fully saturated rings. The van der Waals surface area contributed by atoms with Crippen LogP contribution in [0.3, 0.4) is 0 Å². The molecule has 0 unspecified atom stereocenters. The average molecular weight is 680 g/mol. The highest BCUT2D eigenvalue weighted by molar-refractivity contribution is 5.81. The van der Waals surface area contributed by atoms with Gasteiger partial charge in [0.2, 0.25) is 5.91 Å². The molecule has 3 heterocycles. The summed E-state index contributed by atoms with van der Waals surface area (Å²) in [6, 6.07) is 13.5. The molecule has 0 aromatic heterocycles. The number of carbonyl (C=O) groups is 2. The lowest BCUT2D eigenvalue weighted by Gasteiger charge is -2.35. The van der Waals surface area contributed by atoms with Gasteiger partial charge < -0.3 is 29.1 Å². The van der Waals surface area contributed by atoms with Gasteiger partial charge in [0.05, 0.1) is 43.8 Å². The minimum absolute atomic E-state index is 0.0186. The molecule has 0 radical (unpaired) electrons. The molecule has 2 aromatic rings. The molecule has 0 spiro atoms. The number of halogens is 1. The molecule has 1 N–H and O–H groups in total. The SMILES string of the molecule is COC[C@@H]1C[C@@H](c2ccc(F)cc2N2CCC(C(=O)O)CC2)CN1C(=O)[C@@H]1CN([C@H]2CC[C@H](OC(C)C)CC2)C[C@H]1c1ccc(OC)cc1. The van der Waals surface area contributed by atoms with Crippen molar-refractivity contribution in [2.45, 2.75) is 94.9 Å². The van der Waals surface area contributed by atoms with Crippen molar-refractivity contribution in [1.29, 1.82) is 0 Å². The van der Waals surface area contributed by atoms with Crippen molar-refractivity contribution >= 4 is 17.6 Å². The highest BCUT2D eigenvalue weighted by Gasteiger charge is 2.47. The number of piperidine rings is 1. The summed E-state index contributed by atoms with van der Waals surface area (Å²) in [6.07, 6.45) is 6.57. The molecule has 0 bridgehead atoms. The number of benzene rings is 2. The van der Waals surface area contributed by atoms with Crippen molar-refractivity contribution in [3.63, 3.8) is 0 Å². The van der Waals surface area contributed by atoms with Crippen molar-refractivity contribution in [3.8, 4) is 5.75 Å². The lowest BCUT2D eigenvalue weighted by molar-refractivity contribution is -0.142. The Morgan fingerprint density at radius 3 is 2.29 bits per heavy atom. The van der Waals surface area contributed by atoms with Crippen molar-refractivity contribution in [3.05, 3.63) is 59.4 Å². The number of aliphatic carboxylic acids is 1. The zero-order valence-corrected chi connectivity index (χ0v) is 29.6. The number of methoxy groups -OCH3 is 2. The topological polar surface area (TPSA) is 91.8 Å². The van der Waals surface area contributed by atoms with E-state index in [2.05, 4.69) is 40.7 Å². The van der Waals surface area contributed by atoms with E-state index >= 15 is 0 Å². The lowest BCUT2D eigenvalue weighted by atomic mass is 9.87. The molecule has 10 heteroatoms. The molecule has 3 aliphatic heterocycles. The normalized spacial score (nSPS) is 28.4. The van der Waals surface area contributed by atoms with E-state index in [9.17, 15) is 19.1 Å². The maximum atomic E-state index is 14.8. The van der Waals surface area contributed by atoms with Gasteiger partial charge in [-0.25, -0.2) is 4.39 Å². The molecule has 9 nitrogen and oxygen atoms in total. The number of ether oxygens (including phenoxy) is 3. The number of anilines is 1. The van der Waals surface area contributed by atoms with Crippen LogP contribution in [-0.2, 0) is 19.1 Å². The number of nitrogens with zero attached hydrogens (tertiary/aromatic N) is 3. The molecule has 268 valence electrons. The van der Waals surface area contributed by atoms with E-state index in [1.807, 2.05) is 18.2 Å². The van der Waals surface area contributed by atoms with E-state index in [1.165, 1.54) is 6.07 Å². The third-order valence-electron chi connectivity index (χ3n) is 11.5. The number of likely N-dealkylation sites (tertiary alicyclic amines) is 2. The number of carboxylic acids is 1. The summed E-state index contributed by atoms with van der Waals surface area (Å²) >= 11 is 0. The zero-order valence-electron chi connectivity index (χ0n) is 29.6. The predicted molar refractivity (Wildman–Crippen MR) is 187 cm³/mol. The molecular formula is C39H54FN3O6. The van der Waals surface area contributed by atoms with Gasteiger partial charge in [0.15, 0.2) is 0 Å². The minimum Gasteiger partial charge on any atom is -0.497 e. The third kappa shape index (κ3) is 8.07. The molecule has 6 rings (SSSR count). The van der Waals surface area contributed by atoms with Crippen molar-refractivity contribution in [2.24, 2.45) is 11.8 Å². The number of rotatable bonds is 11. The fraction of sp³-hybridized carbons (Fsp3) is 0.641. The molecule has 49 heavy (non-hydrogen) atoms. The quantitative estimate of drug-likeness (QED) is 0.313. The van der Waals surface area contributed by atoms with Gasteiger partial charge in [-0.05, 0) is 94.2 Å². The van der Waals surface area contributed by atoms with Gasteiger partial charge in [-0.2, -0.15) is 0 Å².